The Balaban J connectivity index is 1.57. The van der Waals surface area contributed by atoms with E-state index in [9.17, 15) is 18.4 Å². The number of hydrogen-bond donors (Lipinski definition) is 0. The molecule has 4 fully saturated rings. The van der Waals surface area contributed by atoms with Gasteiger partial charge in [-0.1, -0.05) is 12.1 Å². The monoisotopic (exact) mass is 333 g/mol. The third-order valence-electron chi connectivity index (χ3n) is 6.17. The quantitative estimate of drug-likeness (QED) is 0.796. The van der Waals surface area contributed by atoms with Gasteiger partial charge in [0.25, 0.3) is 0 Å². The molecule has 128 valence electrons. The van der Waals surface area contributed by atoms with Gasteiger partial charge in [-0.15, -0.1) is 0 Å². The number of nitrogens with zero attached hydrogens (tertiary/aromatic N) is 1. The van der Waals surface area contributed by atoms with Crippen LogP contribution in [0.1, 0.15) is 37.3 Å². The molecule has 4 aliphatic rings. The molecule has 4 atom stereocenters. The molecular weight excluding hydrogens is 312 g/mol. The third-order valence-corrected chi connectivity index (χ3v) is 6.17. The number of fused-ring (bicyclic) bond motifs is 2. The van der Waals surface area contributed by atoms with Crippen molar-refractivity contribution < 1.29 is 18.4 Å². The Labute approximate surface area is 140 Å². The Morgan fingerprint density at radius 2 is 1.96 bits per heavy atom. The van der Waals surface area contributed by atoms with Crippen molar-refractivity contribution in [1.82, 2.24) is 4.90 Å². The number of hydrogen-bond acceptors (Lipinski definition) is 2. The number of aldehydes is 1. The highest BCUT2D eigenvalue weighted by molar-refractivity contribution is 5.81. The molecule has 1 saturated heterocycles. The van der Waals surface area contributed by atoms with Gasteiger partial charge in [0.2, 0.25) is 5.91 Å². The fraction of sp³-hybridized carbons (Fsp3) is 0.579. The molecule has 5 heteroatoms. The average molecular weight is 333 g/mol. The van der Waals surface area contributed by atoms with E-state index in [2.05, 4.69) is 0 Å². The molecule has 0 N–H and O–H groups in total. The van der Waals surface area contributed by atoms with Crippen molar-refractivity contribution in [2.75, 3.05) is 6.54 Å². The lowest BCUT2D eigenvalue weighted by molar-refractivity contribution is -0.147. The zero-order valence-electron chi connectivity index (χ0n) is 13.4. The summed E-state index contributed by atoms with van der Waals surface area (Å²) in [5.41, 5.74) is 0.651. The van der Waals surface area contributed by atoms with Gasteiger partial charge >= 0.3 is 0 Å². The van der Waals surface area contributed by atoms with E-state index < -0.39 is 12.2 Å². The molecular formula is C19H21F2NO2. The summed E-state index contributed by atoms with van der Waals surface area (Å²) in [6.07, 6.45) is 2.55. The van der Waals surface area contributed by atoms with Gasteiger partial charge in [-0.25, -0.2) is 8.78 Å². The molecule has 0 spiro atoms. The fourth-order valence-electron chi connectivity index (χ4n) is 4.81. The summed E-state index contributed by atoms with van der Waals surface area (Å²) in [6.45, 7) is 0.0679. The van der Waals surface area contributed by atoms with Crippen LogP contribution in [-0.2, 0) is 9.59 Å². The largest absolute Gasteiger partial charge is 0.332 e. The first-order valence-corrected chi connectivity index (χ1v) is 8.72. The molecule has 1 aliphatic heterocycles. The van der Waals surface area contributed by atoms with Crippen molar-refractivity contribution in [2.24, 2.45) is 23.7 Å². The lowest BCUT2D eigenvalue weighted by Crippen LogP contribution is -2.50. The van der Waals surface area contributed by atoms with E-state index in [1.165, 1.54) is 12.1 Å². The van der Waals surface area contributed by atoms with E-state index in [0.717, 1.165) is 19.1 Å². The number of likely N-dealkylation sites (tertiary alicyclic amines) is 1. The van der Waals surface area contributed by atoms with Crippen LogP contribution in [0.2, 0.25) is 0 Å². The zero-order chi connectivity index (χ0) is 16.8. The van der Waals surface area contributed by atoms with Crippen LogP contribution in [0.3, 0.4) is 0 Å². The second kappa shape index (κ2) is 5.94. The predicted octanol–water partition coefficient (Wildman–Crippen LogP) is 3.30. The molecule has 1 heterocycles. The van der Waals surface area contributed by atoms with Gasteiger partial charge in [0.15, 0.2) is 0 Å². The molecule has 5 rings (SSSR count). The zero-order valence-corrected chi connectivity index (χ0v) is 13.4. The molecule has 3 aliphatic carbocycles. The standard InChI is InChI=1S/C19H21F2NO2/c20-15-3-1-2-11(6-15)18-8-16(21)9-22(18)19(24)17-7-14(10-23)12-4-13(17)5-12/h1-3,6,10,12-14,16-18H,4-5,7-9H2/t12?,13?,14?,16?,17-,18?/m0/s1. The smallest absolute Gasteiger partial charge is 0.226 e. The summed E-state index contributed by atoms with van der Waals surface area (Å²) in [4.78, 5) is 25.9. The van der Waals surface area contributed by atoms with Crippen LogP contribution in [0, 0.1) is 29.5 Å². The molecule has 2 bridgehead atoms. The van der Waals surface area contributed by atoms with Crippen molar-refractivity contribution in [2.45, 2.75) is 37.9 Å². The molecule has 24 heavy (non-hydrogen) atoms. The molecule has 0 radical (unpaired) electrons. The average Bonchev–Trinajstić information content (AvgIpc) is 2.94. The van der Waals surface area contributed by atoms with Crippen LogP contribution in [0.15, 0.2) is 24.3 Å². The Morgan fingerprint density at radius 1 is 1.17 bits per heavy atom. The molecule has 3 saturated carbocycles. The topological polar surface area (TPSA) is 37.4 Å². The maximum Gasteiger partial charge on any atom is 0.226 e. The van der Waals surface area contributed by atoms with Crippen LogP contribution in [0.25, 0.3) is 0 Å². The number of alkyl halides is 1. The van der Waals surface area contributed by atoms with Crippen LogP contribution in [0.5, 0.6) is 0 Å². The van der Waals surface area contributed by atoms with Gasteiger partial charge in [-0.05, 0) is 48.8 Å². The van der Waals surface area contributed by atoms with Crippen molar-refractivity contribution in [3.63, 3.8) is 0 Å². The maximum absolute atomic E-state index is 14.0. The molecule has 1 aromatic rings. The van der Waals surface area contributed by atoms with E-state index in [0.29, 0.717) is 23.8 Å². The van der Waals surface area contributed by atoms with Gasteiger partial charge in [0.05, 0.1) is 12.6 Å². The second-order valence-corrected chi connectivity index (χ2v) is 7.53. The van der Waals surface area contributed by atoms with Crippen molar-refractivity contribution in [3.8, 4) is 0 Å². The molecule has 3 nitrogen and oxygen atoms in total. The highest BCUT2D eigenvalue weighted by Crippen LogP contribution is 2.52. The summed E-state index contributed by atoms with van der Waals surface area (Å²) < 4.78 is 27.6. The summed E-state index contributed by atoms with van der Waals surface area (Å²) in [7, 11) is 0. The summed E-state index contributed by atoms with van der Waals surface area (Å²) in [6, 6.07) is 5.67. The predicted molar refractivity (Wildman–Crippen MR) is 84.2 cm³/mol. The SMILES string of the molecule is O=CC1C[C@H](C(=O)N2CC(F)CC2c2cccc(F)c2)C2CC1C2. The minimum absolute atomic E-state index is 0.0413. The summed E-state index contributed by atoms with van der Waals surface area (Å²) in [5, 5.41) is 0. The van der Waals surface area contributed by atoms with Crippen LogP contribution in [-0.4, -0.2) is 29.8 Å². The Morgan fingerprint density at radius 3 is 2.67 bits per heavy atom. The van der Waals surface area contributed by atoms with Gasteiger partial charge in [0.1, 0.15) is 18.3 Å². The van der Waals surface area contributed by atoms with Crippen molar-refractivity contribution in [3.05, 3.63) is 35.6 Å². The van der Waals surface area contributed by atoms with Crippen LogP contribution in [0.4, 0.5) is 8.78 Å². The highest BCUT2D eigenvalue weighted by atomic mass is 19.1. The lowest BCUT2D eigenvalue weighted by atomic mass is 9.55. The Hall–Kier alpha value is -1.78. The summed E-state index contributed by atoms with van der Waals surface area (Å²) >= 11 is 0. The molecule has 1 amide bonds. The number of amides is 1. The van der Waals surface area contributed by atoms with Gasteiger partial charge in [0, 0.05) is 18.3 Å². The minimum Gasteiger partial charge on any atom is -0.332 e. The normalized spacial score (nSPS) is 37.8. The number of carbonyl (C=O) groups excluding carboxylic acids is 2. The molecule has 3 unspecified atom stereocenters. The Kier molecular flexibility index (Phi) is 3.89. The van der Waals surface area contributed by atoms with Gasteiger partial charge in [-0.3, -0.25) is 4.79 Å². The van der Waals surface area contributed by atoms with E-state index >= 15 is 0 Å². The first-order chi connectivity index (χ1) is 11.6. The van der Waals surface area contributed by atoms with Gasteiger partial charge < -0.3 is 9.69 Å². The maximum atomic E-state index is 14.0. The number of carbonyl (C=O) groups is 2. The van der Waals surface area contributed by atoms with E-state index in [-0.39, 0.29) is 36.5 Å². The first kappa shape index (κ1) is 15.7. The fourth-order valence-corrected chi connectivity index (χ4v) is 4.81. The van der Waals surface area contributed by atoms with E-state index in [4.69, 9.17) is 0 Å². The van der Waals surface area contributed by atoms with E-state index in [1.807, 2.05) is 0 Å². The highest BCUT2D eigenvalue weighted by Gasteiger charge is 2.51. The van der Waals surface area contributed by atoms with Gasteiger partial charge in [-0.2, -0.15) is 0 Å². The van der Waals surface area contributed by atoms with Crippen LogP contribution >= 0.6 is 0 Å². The third kappa shape index (κ3) is 2.54. The van der Waals surface area contributed by atoms with Crippen molar-refractivity contribution >= 4 is 12.2 Å². The van der Waals surface area contributed by atoms with E-state index in [1.54, 1.807) is 17.0 Å². The van der Waals surface area contributed by atoms with Crippen LogP contribution < -0.4 is 0 Å². The first-order valence-electron chi connectivity index (χ1n) is 8.72. The molecule has 0 aromatic heterocycles. The number of halogens is 2. The number of benzene rings is 1. The summed E-state index contributed by atoms with van der Waals surface area (Å²) in [5.74, 6) is 0.0997. The Bertz CT molecular complexity index is 659. The number of rotatable bonds is 3. The van der Waals surface area contributed by atoms with Crippen molar-refractivity contribution in [1.29, 1.82) is 0 Å². The lowest BCUT2D eigenvalue weighted by Gasteiger charge is -2.50. The minimum atomic E-state index is -1.08. The molecule has 1 aromatic carbocycles. The second-order valence-electron chi connectivity index (χ2n) is 7.53.